The van der Waals surface area contributed by atoms with E-state index in [-0.39, 0.29) is 6.04 Å². The molecule has 0 saturated carbocycles. The van der Waals surface area contributed by atoms with Crippen molar-refractivity contribution in [3.05, 3.63) is 199 Å². The highest BCUT2D eigenvalue weighted by molar-refractivity contribution is 6.25. The van der Waals surface area contributed by atoms with Crippen LogP contribution in [0.2, 0.25) is 0 Å². The summed E-state index contributed by atoms with van der Waals surface area (Å²) in [6.07, 6.45) is 3.45. The van der Waals surface area contributed by atoms with E-state index in [0.717, 1.165) is 6.42 Å². The second kappa shape index (κ2) is 10.8. The molecule has 1 aliphatic carbocycles. The molecule has 1 unspecified atom stereocenters. The third kappa shape index (κ3) is 3.98. The first kappa shape index (κ1) is 30.1. The molecule has 0 aromatic heterocycles. The maximum absolute atomic E-state index is 2.63. The van der Waals surface area contributed by atoms with E-state index in [9.17, 15) is 0 Å². The van der Waals surface area contributed by atoms with Gasteiger partial charge in [0.1, 0.15) is 0 Å². The molecule has 0 fully saturated rings. The van der Waals surface area contributed by atoms with Crippen LogP contribution in [0, 0.1) is 0 Å². The maximum Gasteiger partial charge on any atom is 0.0639 e. The van der Waals surface area contributed by atoms with Crippen LogP contribution in [-0.2, 0) is 0 Å². The van der Waals surface area contributed by atoms with Crippen LogP contribution in [0.5, 0.6) is 0 Å². The smallest absolute Gasteiger partial charge is 0.0639 e. The molecule has 0 amide bonds. The Kier molecular flexibility index (Phi) is 5.67. The number of hydrogen-bond acceptors (Lipinski definition) is 1. The molecule has 12 aromatic rings. The van der Waals surface area contributed by atoms with Gasteiger partial charge < -0.3 is 4.90 Å². The van der Waals surface area contributed by atoms with Crippen LogP contribution < -0.4 is 4.90 Å². The van der Waals surface area contributed by atoms with Crippen LogP contribution in [-0.4, -0.2) is 0 Å². The van der Waals surface area contributed by atoms with E-state index in [2.05, 4.69) is 187 Å². The van der Waals surface area contributed by atoms with Crippen LogP contribution >= 0.6 is 0 Å². The van der Waals surface area contributed by atoms with Gasteiger partial charge in [-0.05, 0) is 163 Å². The molecule has 1 nitrogen and oxygen atoms in total. The molecule has 0 spiro atoms. The van der Waals surface area contributed by atoms with Gasteiger partial charge in [0.25, 0.3) is 0 Å². The van der Waals surface area contributed by atoms with Gasteiger partial charge in [-0.1, -0.05) is 140 Å². The molecule has 262 valence electrons. The Balaban J connectivity index is 1.01. The fourth-order valence-electron chi connectivity index (χ4n) is 11.1. The standard InChI is InChI=1S/C56H33N/c1-2-6-37-31-44(20-19-32(37)5-1)57-49-25-23-45(42-27-38-15-11-33-7-3-8-34-12-16-39(28-42)53(38)51(33)34)47-21-22-48-46(24-26-50(57)56(48)55(47)49)43-29-40-17-13-35-9-4-10-36-14-18-41(30-43)54(40)52(35)36/h1-25,27-31,50H,26H2. The van der Waals surface area contributed by atoms with Gasteiger partial charge in [-0.25, -0.2) is 0 Å². The van der Waals surface area contributed by atoms with Crippen LogP contribution in [0.25, 0.3) is 103 Å². The Morgan fingerprint density at radius 2 is 0.877 bits per heavy atom. The Bertz CT molecular complexity index is 3610. The first-order valence-electron chi connectivity index (χ1n) is 20.2. The summed E-state index contributed by atoms with van der Waals surface area (Å²) in [6, 6.07) is 67.0. The fourth-order valence-corrected chi connectivity index (χ4v) is 11.1. The van der Waals surface area contributed by atoms with Crippen LogP contribution in [0.15, 0.2) is 182 Å². The first-order chi connectivity index (χ1) is 28.2. The summed E-state index contributed by atoms with van der Waals surface area (Å²) >= 11 is 0. The van der Waals surface area contributed by atoms with Crippen molar-refractivity contribution in [1.29, 1.82) is 0 Å². The molecule has 0 radical (unpaired) electrons. The van der Waals surface area contributed by atoms with E-state index in [0.29, 0.717) is 0 Å². The minimum Gasteiger partial charge on any atom is -0.333 e. The van der Waals surface area contributed by atoms with Crippen molar-refractivity contribution in [2.45, 2.75) is 12.5 Å². The number of rotatable bonds is 3. The van der Waals surface area contributed by atoms with E-state index in [1.807, 2.05) is 0 Å². The van der Waals surface area contributed by atoms with Crippen molar-refractivity contribution >= 4 is 103 Å². The molecule has 1 heterocycles. The summed E-state index contributed by atoms with van der Waals surface area (Å²) in [5, 5.41) is 21.2. The largest absolute Gasteiger partial charge is 0.333 e. The summed E-state index contributed by atoms with van der Waals surface area (Å²) in [6.45, 7) is 0. The van der Waals surface area contributed by atoms with Gasteiger partial charge in [-0.3, -0.25) is 0 Å². The molecular formula is C56H33N. The average molecular weight is 720 g/mol. The molecule has 1 aliphatic heterocycles. The van der Waals surface area contributed by atoms with Gasteiger partial charge in [-0.2, -0.15) is 0 Å². The predicted octanol–water partition coefficient (Wildman–Crippen LogP) is 15.5. The van der Waals surface area contributed by atoms with Gasteiger partial charge in [0, 0.05) is 11.1 Å². The van der Waals surface area contributed by atoms with E-state index < -0.39 is 0 Å². The van der Waals surface area contributed by atoms with Crippen molar-refractivity contribution in [2.24, 2.45) is 0 Å². The third-order valence-electron chi connectivity index (χ3n) is 13.5. The number of nitrogens with zero attached hydrogens (tertiary/aromatic N) is 1. The molecular weight excluding hydrogens is 687 g/mol. The van der Waals surface area contributed by atoms with Crippen molar-refractivity contribution in [3.63, 3.8) is 0 Å². The zero-order valence-electron chi connectivity index (χ0n) is 31.1. The summed E-state index contributed by atoms with van der Waals surface area (Å²) in [5.74, 6) is 0. The first-order valence-corrected chi connectivity index (χ1v) is 20.2. The minimum atomic E-state index is 0.203. The second-order valence-electron chi connectivity index (χ2n) is 16.4. The lowest BCUT2D eigenvalue weighted by Gasteiger charge is -2.32. The summed E-state index contributed by atoms with van der Waals surface area (Å²) < 4.78 is 0. The maximum atomic E-state index is 2.63. The molecule has 1 heteroatoms. The Labute approximate surface area is 329 Å². The van der Waals surface area contributed by atoms with E-state index in [1.54, 1.807) is 0 Å². The molecule has 12 aromatic carbocycles. The monoisotopic (exact) mass is 719 g/mol. The summed E-state index contributed by atoms with van der Waals surface area (Å²) in [5.41, 5.74) is 10.6. The molecule has 0 saturated heterocycles. The summed E-state index contributed by atoms with van der Waals surface area (Å²) in [4.78, 5) is 2.63. The highest BCUT2D eigenvalue weighted by Gasteiger charge is 2.38. The SMILES string of the molecule is C1=C(c2cc3ccc4cccc5ccc(c2)c3c45)c2ccc3c(-c4cc5ccc6cccc7ccc(c4)c5c67)ccc4c3c2C(C1)N4c1ccc2ccccc2c1. The van der Waals surface area contributed by atoms with Crippen molar-refractivity contribution in [3.8, 4) is 11.1 Å². The van der Waals surface area contributed by atoms with Crippen LogP contribution in [0.1, 0.15) is 29.2 Å². The number of hydrogen-bond donors (Lipinski definition) is 0. The third-order valence-corrected chi connectivity index (χ3v) is 13.5. The minimum absolute atomic E-state index is 0.203. The molecule has 14 rings (SSSR count). The highest BCUT2D eigenvalue weighted by atomic mass is 15.2. The lowest BCUT2D eigenvalue weighted by molar-refractivity contribution is 0.725. The van der Waals surface area contributed by atoms with Crippen LogP contribution in [0.4, 0.5) is 11.4 Å². The topological polar surface area (TPSA) is 3.24 Å². The Hall–Kier alpha value is -7.22. The zero-order chi connectivity index (χ0) is 36.9. The van der Waals surface area contributed by atoms with Crippen molar-refractivity contribution in [2.75, 3.05) is 4.90 Å². The lowest BCUT2D eigenvalue weighted by Crippen LogP contribution is -2.21. The Morgan fingerprint density at radius 1 is 0.368 bits per heavy atom. The van der Waals surface area contributed by atoms with E-state index >= 15 is 0 Å². The van der Waals surface area contributed by atoms with Gasteiger partial charge >= 0.3 is 0 Å². The Morgan fingerprint density at radius 3 is 1.51 bits per heavy atom. The highest BCUT2D eigenvalue weighted by Crippen LogP contribution is 2.57. The van der Waals surface area contributed by atoms with Gasteiger partial charge in [0.05, 0.1) is 11.7 Å². The van der Waals surface area contributed by atoms with Crippen molar-refractivity contribution < 1.29 is 0 Å². The van der Waals surface area contributed by atoms with Gasteiger partial charge in [-0.15, -0.1) is 0 Å². The van der Waals surface area contributed by atoms with E-state index in [1.165, 1.54) is 131 Å². The molecule has 1 atom stereocenters. The van der Waals surface area contributed by atoms with E-state index in [4.69, 9.17) is 0 Å². The molecule has 2 aliphatic rings. The number of benzene rings is 12. The second-order valence-corrected chi connectivity index (χ2v) is 16.4. The molecule has 0 N–H and O–H groups in total. The normalized spacial score (nSPS) is 15.2. The molecule has 57 heavy (non-hydrogen) atoms. The molecule has 0 bridgehead atoms. The summed E-state index contributed by atoms with van der Waals surface area (Å²) in [7, 11) is 0. The van der Waals surface area contributed by atoms with Gasteiger partial charge in [0.15, 0.2) is 0 Å². The fraction of sp³-hybridized carbons (Fsp3) is 0.0357. The van der Waals surface area contributed by atoms with Crippen molar-refractivity contribution in [1.82, 2.24) is 0 Å². The number of anilines is 2. The average Bonchev–Trinajstić information content (AvgIpc) is 3.61. The van der Waals surface area contributed by atoms with Crippen LogP contribution in [0.3, 0.4) is 0 Å². The zero-order valence-corrected chi connectivity index (χ0v) is 31.1. The van der Waals surface area contributed by atoms with Gasteiger partial charge in [0.2, 0.25) is 0 Å². The lowest BCUT2D eigenvalue weighted by atomic mass is 9.81. The number of fused-ring (bicyclic) bond motifs is 1. The quantitative estimate of drug-likeness (QED) is 0.164. The predicted molar refractivity (Wildman–Crippen MR) is 244 cm³/mol.